The van der Waals surface area contributed by atoms with Gasteiger partial charge in [-0.05, 0) is 43.7 Å². The maximum absolute atomic E-state index is 11.8. The van der Waals surface area contributed by atoms with Gasteiger partial charge in [-0.3, -0.25) is 0 Å². The molecule has 194 valence electrons. The zero-order chi connectivity index (χ0) is 24.7. The summed E-state index contributed by atoms with van der Waals surface area (Å²) in [5.74, 6) is 1.36. The molecule has 0 aromatic heterocycles. The molecule has 0 bridgehead atoms. The molecule has 1 atom stereocenters. The van der Waals surface area contributed by atoms with Crippen LogP contribution in [0, 0.1) is 0 Å². The number of aryl methyl sites for hydroxylation is 1. The van der Waals surface area contributed by atoms with E-state index < -0.39 is 16.3 Å². The summed E-state index contributed by atoms with van der Waals surface area (Å²) in [5.41, 5.74) is 0.936. The van der Waals surface area contributed by atoms with Crippen LogP contribution in [-0.2, 0) is 30.8 Å². The first-order valence-electron chi connectivity index (χ1n) is 11.9. The zero-order valence-corrected chi connectivity index (χ0v) is 21.0. The van der Waals surface area contributed by atoms with Crippen LogP contribution in [0.3, 0.4) is 0 Å². The van der Waals surface area contributed by atoms with Crippen molar-refractivity contribution in [1.82, 2.24) is 9.44 Å². The molecule has 1 heterocycles. The van der Waals surface area contributed by atoms with Crippen LogP contribution in [0.1, 0.15) is 51.0 Å². The fourth-order valence-electron chi connectivity index (χ4n) is 3.35. The van der Waals surface area contributed by atoms with E-state index >= 15 is 0 Å². The molecule has 1 aliphatic heterocycles. The van der Waals surface area contributed by atoms with E-state index in [0.717, 1.165) is 37.9 Å². The van der Waals surface area contributed by atoms with Gasteiger partial charge in [0.25, 0.3) is 0 Å². The Kier molecular flexibility index (Phi) is 13.0. The molecular formula is C23H38N2O8S. The predicted octanol–water partition coefficient (Wildman–Crippen LogP) is 2.95. The van der Waals surface area contributed by atoms with Crippen molar-refractivity contribution in [3.05, 3.63) is 23.8 Å². The van der Waals surface area contributed by atoms with Gasteiger partial charge in [-0.25, -0.2) is 9.52 Å². The van der Waals surface area contributed by atoms with Crippen molar-refractivity contribution in [2.24, 2.45) is 0 Å². The second-order valence-electron chi connectivity index (χ2n) is 8.00. The van der Waals surface area contributed by atoms with Gasteiger partial charge in [-0.15, -0.1) is 0 Å². The van der Waals surface area contributed by atoms with Crippen LogP contribution < -0.4 is 18.9 Å². The lowest BCUT2D eigenvalue weighted by Gasteiger charge is -2.16. The van der Waals surface area contributed by atoms with E-state index in [2.05, 4.69) is 4.72 Å². The van der Waals surface area contributed by atoms with Crippen LogP contribution in [0.5, 0.6) is 11.5 Å². The van der Waals surface area contributed by atoms with Gasteiger partial charge in [0, 0.05) is 26.3 Å². The number of rotatable bonds is 17. The molecule has 1 saturated heterocycles. The van der Waals surface area contributed by atoms with Crippen molar-refractivity contribution in [2.45, 2.75) is 58.0 Å². The van der Waals surface area contributed by atoms with E-state index in [1.165, 1.54) is 0 Å². The van der Waals surface area contributed by atoms with Crippen LogP contribution in [0.15, 0.2) is 18.2 Å². The molecule has 1 aromatic rings. The summed E-state index contributed by atoms with van der Waals surface area (Å²) in [6.45, 7) is 4.48. The molecule has 0 spiro atoms. The average Bonchev–Trinajstić information content (AvgIpc) is 3.33. The van der Waals surface area contributed by atoms with E-state index in [0.29, 0.717) is 50.6 Å². The molecule has 0 aliphatic carbocycles. The number of ether oxygens (including phenoxy) is 5. The summed E-state index contributed by atoms with van der Waals surface area (Å²) in [4.78, 5) is 11.8. The van der Waals surface area contributed by atoms with Crippen molar-refractivity contribution in [2.75, 3.05) is 46.7 Å². The van der Waals surface area contributed by atoms with Crippen molar-refractivity contribution in [1.29, 1.82) is 0 Å². The fraction of sp³-hybridized carbons (Fsp3) is 0.696. The van der Waals surface area contributed by atoms with Gasteiger partial charge in [-0.1, -0.05) is 25.8 Å². The Morgan fingerprint density at radius 2 is 2.00 bits per heavy atom. The predicted molar refractivity (Wildman–Crippen MR) is 128 cm³/mol. The number of unbranched alkanes of at least 4 members (excludes halogenated alkanes) is 2. The third kappa shape index (κ3) is 11.4. The van der Waals surface area contributed by atoms with Gasteiger partial charge in [0.1, 0.15) is 24.7 Å². The lowest BCUT2D eigenvalue weighted by molar-refractivity contribution is 0.0674. The molecule has 1 amide bonds. The minimum absolute atomic E-state index is 0.0639. The molecule has 10 nitrogen and oxygen atoms in total. The highest BCUT2D eigenvalue weighted by atomic mass is 32.2. The standard InChI is InChI=1S/C23H38N2O8S/c1-3-4-5-12-24-34(27,28)25-23(26)32-14-6-8-19-10-11-20(31-16-15-29-2)17-22(19)33-18-21-9-7-13-30-21/h10-11,17,21,24H,3-9,12-16,18H2,1-2H3,(H,25,26). The normalized spacial score (nSPS) is 15.8. The van der Waals surface area contributed by atoms with Crippen molar-refractivity contribution >= 4 is 16.3 Å². The summed E-state index contributed by atoms with van der Waals surface area (Å²) in [5, 5.41) is 0. The number of hydrogen-bond acceptors (Lipinski definition) is 8. The molecule has 1 fully saturated rings. The third-order valence-corrected chi connectivity index (χ3v) is 6.18. The van der Waals surface area contributed by atoms with Crippen molar-refractivity contribution < 1.29 is 36.9 Å². The van der Waals surface area contributed by atoms with Crippen LogP contribution in [0.25, 0.3) is 0 Å². The third-order valence-electron chi connectivity index (χ3n) is 5.16. The van der Waals surface area contributed by atoms with E-state index in [4.69, 9.17) is 23.7 Å². The first-order chi connectivity index (χ1) is 16.4. The maximum atomic E-state index is 11.8. The summed E-state index contributed by atoms with van der Waals surface area (Å²) in [6, 6.07) is 5.61. The molecule has 0 saturated carbocycles. The Morgan fingerprint density at radius 3 is 2.74 bits per heavy atom. The second kappa shape index (κ2) is 15.8. The van der Waals surface area contributed by atoms with Gasteiger partial charge in [-0.2, -0.15) is 13.1 Å². The van der Waals surface area contributed by atoms with Gasteiger partial charge in [0.05, 0.1) is 19.3 Å². The number of hydrogen-bond donors (Lipinski definition) is 2. The molecule has 34 heavy (non-hydrogen) atoms. The highest BCUT2D eigenvalue weighted by Crippen LogP contribution is 2.27. The number of nitrogens with one attached hydrogen (secondary N) is 2. The maximum Gasteiger partial charge on any atom is 0.421 e. The lowest BCUT2D eigenvalue weighted by atomic mass is 10.1. The molecule has 11 heteroatoms. The number of benzene rings is 1. The monoisotopic (exact) mass is 502 g/mol. The van der Waals surface area contributed by atoms with Crippen molar-refractivity contribution in [3.8, 4) is 11.5 Å². The summed E-state index contributed by atoms with van der Waals surface area (Å²) in [6.07, 6.45) is 4.75. The van der Waals surface area contributed by atoms with E-state index in [1.54, 1.807) is 7.11 Å². The molecule has 1 aliphatic rings. The number of carbonyl (C=O) groups is 1. The van der Waals surface area contributed by atoms with Gasteiger partial charge in [0.2, 0.25) is 0 Å². The molecule has 1 unspecified atom stereocenters. The second-order valence-corrected chi connectivity index (χ2v) is 9.50. The molecule has 1 aromatic carbocycles. The van der Waals surface area contributed by atoms with Gasteiger partial charge < -0.3 is 23.7 Å². The molecule has 2 N–H and O–H groups in total. The Balaban J connectivity index is 1.81. The highest BCUT2D eigenvalue weighted by Gasteiger charge is 2.18. The number of amides is 1. The van der Waals surface area contributed by atoms with E-state index in [9.17, 15) is 13.2 Å². The summed E-state index contributed by atoms with van der Waals surface area (Å²) in [7, 11) is -2.30. The smallest absolute Gasteiger partial charge is 0.421 e. The Bertz CT molecular complexity index is 828. The Morgan fingerprint density at radius 1 is 1.15 bits per heavy atom. The average molecular weight is 503 g/mol. The molecule has 2 rings (SSSR count). The Hall–Kier alpha value is -2.08. The highest BCUT2D eigenvalue weighted by molar-refractivity contribution is 7.88. The van der Waals surface area contributed by atoms with Crippen LogP contribution in [0.2, 0.25) is 0 Å². The van der Waals surface area contributed by atoms with E-state index in [1.807, 2.05) is 29.8 Å². The van der Waals surface area contributed by atoms with Crippen LogP contribution in [0.4, 0.5) is 4.79 Å². The van der Waals surface area contributed by atoms with E-state index in [-0.39, 0.29) is 19.3 Å². The van der Waals surface area contributed by atoms with Gasteiger partial charge >= 0.3 is 16.3 Å². The Labute approximate surface area is 202 Å². The van der Waals surface area contributed by atoms with Crippen LogP contribution >= 0.6 is 0 Å². The topological polar surface area (TPSA) is 121 Å². The minimum Gasteiger partial charge on any atom is -0.491 e. The summed E-state index contributed by atoms with van der Waals surface area (Å²) < 4.78 is 55.2. The van der Waals surface area contributed by atoms with Crippen LogP contribution in [-0.4, -0.2) is 67.3 Å². The zero-order valence-electron chi connectivity index (χ0n) is 20.2. The quantitative estimate of drug-likeness (QED) is 0.312. The SMILES string of the molecule is CCCCCNS(=O)(=O)NC(=O)OCCCc1ccc(OCCOC)cc1OCC1CCCO1. The molecule has 0 radical (unpaired) electrons. The fourth-order valence-corrected chi connectivity index (χ4v) is 4.11. The number of carbonyl (C=O) groups excluding carboxylic acids is 1. The van der Waals surface area contributed by atoms with Crippen molar-refractivity contribution in [3.63, 3.8) is 0 Å². The summed E-state index contributed by atoms with van der Waals surface area (Å²) >= 11 is 0. The van der Waals surface area contributed by atoms with Gasteiger partial charge in [0.15, 0.2) is 0 Å². The number of methoxy groups -OCH3 is 1. The first kappa shape index (κ1) is 28.2. The lowest BCUT2D eigenvalue weighted by Crippen LogP contribution is -2.41. The first-order valence-corrected chi connectivity index (χ1v) is 13.3. The largest absolute Gasteiger partial charge is 0.491 e. The minimum atomic E-state index is -3.92. The molecular weight excluding hydrogens is 464 g/mol.